The quantitative estimate of drug-likeness (QED) is 0.715. The van der Waals surface area contributed by atoms with Gasteiger partial charge >= 0.3 is 0 Å². The summed E-state index contributed by atoms with van der Waals surface area (Å²) in [6.07, 6.45) is 0. The number of aliphatic hydroxyl groups excluding tert-OH is 1. The number of hydrogen-bond donors (Lipinski definition) is 2. The summed E-state index contributed by atoms with van der Waals surface area (Å²) in [5.74, 6) is -0.172. The van der Waals surface area contributed by atoms with Gasteiger partial charge in [-0.3, -0.25) is 0 Å². The van der Waals surface area contributed by atoms with Crippen LogP contribution in [0.5, 0.6) is 0 Å². The molecule has 0 saturated heterocycles. The summed E-state index contributed by atoms with van der Waals surface area (Å²) in [6.45, 7) is 1.93. The molecular formula is C12H18N2O3S2. The van der Waals surface area contributed by atoms with Gasteiger partial charge in [0.15, 0.2) is 0 Å². The molecule has 0 aliphatic carbocycles. The van der Waals surface area contributed by atoms with Gasteiger partial charge in [-0.25, -0.2) is 8.42 Å². The molecule has 1 rings (SSSR count). The third-order valence-electron chi connectivity index (χ3n) is 2.72. The van der Waals surface area contributed by atoms with Crippen molar-refractivity contribution in [2.45, 2.75) is 12.7 Å². The van der Waals surface area contributed by atoms with Crippen LogP contribution in [0.15, 0.2) is 24.3 Å². The highest BCUT2D eigenvalue weighted by Crippen LogP contribution is 2.15. The molecule has 0 spiro atoms. The number of likely N-dealkylation sites (N-methyl/N-ethyl adjacent to an activating group) is 1. The monoisotopic (exact) mass is 302 g/mol. The summed E-state index contributed by atoms with van der Waals surface area (Å²) in [4.78, 5) is 0.177. The van der Waals surface area contributed by atoms with Crippen molar-refractivity contribution < 1.29 is 13.5 Å². The van der Waals surface area contributed by atoms with Crippen LogP contribution in [0.25, 0.3) is 0 Å². The van der Waals surface area contributed by atoms with Crippen LogP contribution >= 0.6 is 12.2 Å². The van der Waals surface area contributed by atoms with E-state index in [0.717, 1.165) is 0 Å². The van der Waals surface area contributed by atoms with E-state index in [1.165, 1.54) is 4.31 Å². The molecule has 0 atom stereocenters. The third kappa shape index (κ3) is 4.24. The Bertz CT molecular complexity index is 544. The van der Waals surface area contributed by atoms with Gasteiger partial charge < -0.3 is 10.8 Å². The minimum absolute atomic E-state index is 0.0913. The topological polar surface area (TPSA) is 83.6 Å². The molecule has 0 unspecified atom stereocenters. The van der Waals surface area contributed by atoms with Crippen LogP contribution in [0.2, 0.25) is 0 Å². The molecule has 0 aliphatic rings. The Kier molecular flexibility index (Phi) is 5.86. The highest BCUT2D eigenvalue weighted by Gasteiger charge is 2.22. The molecule has 106 valence electrons. The van der Waals surface area contributed by atoms with Gasteiger partial charge in [0.1, 0.15) is 4.99 Å². The van der Waals surface area contributed by atoms with Crippen LogP contribution in [-0.2, 0) is 15.8 Å². The average Bonchev–Trinajstić information content (AvgIpc) is 2.35. The van der Waals surface area contributed by atoms with Gasteiger partial charge in [-0.2, -0.15) is 4.31 Å². The minimum Gasteiger partial charge on any atom is -0.395 e. The SMILES string of the molecule is CCN(CCO)S(=O)(=O)Cc1ccccc1C(N)=S. The fourth-order valence-corrected chi connectivity index (χ4v) is 3.56. The standard InChI is InChI=1S/C12H18N2O3S2/c1-2-14(7-8-15)19(16,17)9-10-5-3-4-6-11(10)12(13)18/h3-6,15H,2,7-9H2,1H3,(H2,13,18). The van der Waals surface area contributed by atoms with Crippen LogP contribution in [0.3, 0.4) is 0 Å². The summed E-state index contributed by atoms with van der Waals surface area (Å²) in [5, 5.41) is 8.89. The number of rotatable bonds is 7. The van der Waals surface area contributed by atoms with E-state index in [9.17, 15) is 8.42 Å². The Morgan fingerprint density at radius 1 is 1.42 bits per heavy atom. The maximum absolute atomic E-state index is 12.2. The molecule has 0 bridgehead atoms. The van der Waals surface area contributed by atoms with Crippen molar-refractivity contribution in [2.24, 2.45) is 5.73 Å². The summed E-state index contributed by atoms with van der Waals surface area (Å²) in [5.41, 5.74) is 6.73. The summed E-state index contributed by atoms with van der Waals surface area (Å²) in [7, 11) is -3.49. The van der Waals surface area contributed by atoms with Crippen molar-refractivity contribution in [1.82, 2.24) is 4.31 Å². The van der Waals surface area contributed by atoms with Crippen LogP contribution in [0, 0.1) is 0 Å². The first-order valence-corrected chi connectivity index (χ1v) is 7.90. The maximum Gasteiger partial charge on any atom is 0.218 e. The van der Waals surface area contributed by atoms with E-state index >= 15 is 0 Å². The van der Waals surface area contributed by atoms with Gasteiger partial charge in [0, 0.05) is 18.7 Å². The van der Waals surface area contributed by atoms with Crippen molar-refractivity contribution in [1.29, 1.82) is 0 Å². The molecule has 19 heavy (non-hydrogen) atoms. The van der Waals surface area contributed by atoms with E-state index < -0.39 is 10.0 Å². The van der Waals surface area contributed by atoms with Crippen molar-refractivity contribution in [3.8, 4) is 0 Å². The van der Waals surface area contributed by atoms with Crippen molar-refractivity contribution in [3.05, 3.63) is 35.4 Å². The Labute approximate surface area is 119 Å². The third-order valence-corrected chi connectivity index (χ3v) is 4.84. The number of aliphatic hydroxyl groups is 1. The molecule has 1 aromatic rings. The predicted octanol–water partition coefficient (Wildman–Crippen LogP) is 0.465. The van der Waals surface area contributed by atoms with Gasteiger partial charge in [0.2, 0.25) is 10.0 Å². The maximum atomic E-state index is 12.2. The Morgan fingerprint density at radius 3 is 2.58 bits per heavy atom. The summed E-state index contributed by atoms with van der Waals surface area (Å²) in [6, 6.07) is 6.90. The van der Waals surface area contributed by atoms with Gasteiger partial charge in [0.25, 0.3) is 0 Å². The Morgan fingerprint density at radius 2 is 2.05 bits per heavy atom. The first-order chi connectivity index (χ1) is 8.92. The van der Waals surface area contributed by atoms with E-state index in [1.807, 2.05) is 0 Å². The molecule has 0 fully saturated rings. The molecule has 7 heteroatoms. The molecular weight excluding hydrogens is 284 g/mol. The molecule has 0 aliphatic heterocycles. The van der Waals surface area contributed by atoms with Crippen LogP contribution < -0.4 is 5.73 Å². The lowest BCUT2D eigenvalue weighted by Gasteiger charge is -2.20. The van der Waals surface area contributed by atoms with Gasteiger partial charge in [0.05, 0.1) is 12.4 Å². The number of hydrogen-bond acceptors (Lipinski definition) is 4. The highest BCUT2D eigenvalue weighted by atomic mass is 32.2. The molecule has 3 N–H and O–H groups in total. The molecule has 5 nitrogen and oxygen atoms in total. The zero-order valence-corrected chi connectivity index (χ0v) is 12.4. The largest absolute Gasteiger partial charge is 0.395 e. The number of sulfonamides is 1. The molecule has 1 aromatic carbocycles. The first kappa shape index (κ1) is 16.0. The highest BCUT2D eigenvalue weighted by molar-refractivity contribution is 7.88. The van der Waals surface area contributed by atoms with Gasteiger partial charge in [-0.15, -0.1) is 0 Å². The van der Waals surface area contributed by atoms with Gasteiger partial charge in [-0.1, -0.05) is 43.4 Å². The van der Waals surface area contributed by atoms with Crippen LogP contribution in [0.4, 0.5) is 0 Å². The fourth-order valence-electron chi connectivity index (χ4n) is 1.78. The normalized spacial score (nSPS) is 11.7. The molecule has 0 aromatic heterocycles. The second-order valence-electron chi connectivity index (χ2n) is 3.99. The van der Waals surface area contributed by atoms with Crippen LogP contribution in [-0.4, -0.2) is 42.5 Å². The lowest BCUT2D eigenvalue weighted by atomic mass is 10.1. The smallest absolute Gasteiger partial charge is 0.218 e. The lowest BCUT2D eigenvalue weighted by Crippen LogP contribution is -2.34. The summed E-state index contributed by atoms with van der Waals surface area (Å²) < 4.78 is 25.7. The molecule has 0 amide bonds. The van der Waals surface area contributed by atoms with E-state index in [0.29, 0.717) is 17.7 Å². The average molecular weight is 302 g/mol. The summed E-state index contributed by atoms with van der Waals surface area (Å²) >= 11 is 4.91. The molecule has 0 radical (unpaired) electrons. The Balaban J connectivity index is 3.04. The van der Waals surface area contributed by atoms with Crippen molar-refractivity contribution >= 4 is 27.2 Å². The molecule has 0 heterocycles. The second kappa shape index (κ2) is 6.95. The van der Waals surface area contributed by atoms with E-state index in [2.05, 4.69) is 0 Å². The Hall–Kier alpha value is -1.02. The number of nitrogens with zero attached hydrogens (tertiary/aromatic N) is 1. The number of benzene rings is 1. The minimum atomic E-state index is -3.49. The van der Waals surface area contributed by atoms with Crippen molar-refractivity contribution in [2.75, 3.05) is 19.7 Å². The number of thiocarbonyl (C=S) groups is 1. The zero-order chi connectivity index (χ0) is 14.5. The zero-order valence-electron chi connectivity index (χ0n) is 10.7. The molecule has 0 saturated carbocycles. The van der Waals surface area contributed by atoms with E-state index in [1.54, 1.807) is 31.2 Å². The van der Waals surface area contributed by atoms with E-state index in [-0.39, 0.29) is 23.9 Å². The number of nitrogens with two attached hydrogens (primary N) is 1. The first-order valence-electron chi connectivity index (χ1n) is 5.88. The van der Waals surface area contributed by atoms with Crippen molar-refractivity contribution in [3.63, 3.8) is 0 Å². The lowest BCUT2D eigenvalue weighted by molar-refractivity contribution is 0.257. The van der Waals surface area contributed by atoms with Crippen LogP contribution in [0.1, 0.15) is 18.1 Å². The van der Waals surface area contributed by atoms with Gasteiger partial charge in [-0.05, 0) is 5.56 Å². The fraction of sp³-hybridized carbons (Fsp3) is 0.417. The second-order valence-corrected chi connectivity index (χ2v) is 6.40. The van der Waals surface area contributed by atoms with E-state index in [4.69, 9.17) is 23.1 Å². The predicted molar refractivity (Wildman–Crippen MR) is 79.3 cm³/mol.